The third kappa shape index (κ3) is 2.78. The molecule has 1 atom stereocenters. The molecule has 0 aliphatic heterocycles. The van der Waals surface area contributed by atoms with Crippen LogP contribution in [-0.2, 0) is 9.53 Å². The zero-order valence-corrected chi connectivity index (χ0v) is 8.95. The Bertz CT molecular complexity index is 440. The molecule has 1 N–H and O–H groups in total. The van der Waals surface area contributed by atoms with Gasteiger partial charge in [0.15, 0.2) is 0 Å². The summed E-state index contributed by atoms with van der Waals surface area (Å²) in [5.41, 5.74) is 0.356. The maximum absolute atomic E-state index is 12.8. The number of rotatable bonds is 3. The van der Waals surface area contributed by atoms with E-state index < -0.39 is 11.9 Å². The molecule has 5 heteroatoms. The molecule has 16 heavy (non-hydrogen) atoms. The highest BCUT2D eigenvalue weighted by molar-refractivity contribution is 5.95. The van der Waals surface area contributed by atoms with Crippen molar-refractivity contribution < 1.29 is 13.9 Å². The average molecular weight is 222 g/mol. The number of hydrogen-bond donors (Lipinski definition) is 1. The lowest BCUT2D eigenvalue weighted by atomic mass is 10.2. The Hall–Kier alpha value is -1.93. The first-order valence-corrected chi connectivity index (χ1v) is 4.61. The van der Waals surface area contributed by atoms with Crippen molar-refractivity contribution in [3.8, 4) is 6.07 Å². The second-order valence-electron chi connectivity index (χ2n) is 3.17. The lowest BCUT2D eigenvalue weighted by molar-refractivity contribution is -0.124. The van der Waals surface area contributed by atoms with Crippen molar-refractivity contribution in [1.29, 1.82) is 5.26 Å². The predicted octanol–water partition coefficient (Wildman–Crippen LogP) is 1.67. The summed E-state index contributed by atoms with van der Waals surface area (Å²) in [5, 5.41) is 11.2. The van der Waals surface area contributed by atoms with Crippen molar-refractivity contribution in [3.63, 3.8) is 0 Å². The van der Waals surface area contributed by atoms with Gasteiger partial charge in [0, 0.05) is 7.11 Å². The minimum Gasteiger partial charge on any atom is -0.372 e. The molecular formula is C11H11FN2O2. The maximum Gasteiger partial charge on any atom is 0.253 e. The van der Waals surface area contributed by atoms with E-state index in [1.165, 1.54) is 19.2 Å². The average Bonchev–Trinajstić information content (AvgIpc) is 2.30. The van der Waals surface area contributed by atoms with Gasteiger partial charge in [-0.25, -0.2) is 4.39 Å². The van der Waals surface area contributed by atoms with Crippen LogP contribution >= 0.6 is 0 Å². The zero-order chi connectivity index (χ0) is 12.1. The number of benzene rings is 1. The molecular weight excluding hydrogens is 211 g/mol. The van der Waals surface area contributed by atoms with Crippen LogP contribution in [0.1, 0.15) is 12.5 Å². The van der Waals surface area contributed by atoms with E-state index in [0.717, 1.165) is 6.07 Å². The number of methoxy groups -OCH3 is 1. The Balaban J connectivity index is 2.90. The van der Waals surface area contributed by atoms with Gasteiger partial charge in [-0.15, -0.1) is 0 Å². The molecule has 0 saturated carbocycles. The first kappa shape index (κ1) is 12.1. The second-order valence-corrected chi connectivity index (χ2v) is 3.17. The van der Waals surface area contributed by atoms with E-state index in [2.05, 4.69) is 5.32 Å². The smallest absolute Gasteiger partial charge is 0.253 e. The Labute approximate surface area is 92.6 Å². The van der Waals surface area contributed by atoms with E-state index in [1.54, 1.807) is 13.0 Å². The predicted molar refractivity (Wildman–Crippen MR) is 56.2 cm³/mol. The molecule has 1 rings (SSSR count). The number of hydrogen-bond acceptors (Lipinski definition) is 3. The van der Waals surface area contributed by atoms with Gasteiger partial charge in [-0.05, 0) is 25.1 Å². The zero-order valence-electron chi connectivity index (χ0n) is 8.95. The van der Waals surface area contributed by atoms with Gasteiger partial charge in [0.05, 0.1) is 11.3 Å². The molecule has 84 valence electrons. The number of carbonyl (C=O) groups excluding carboxylic acids is 1. The summed E-state index contributed by atoms with van der Waals surface area (Å²) in [6, 6.07) is 5.38. The number of nitriles is 1. The van der Waals surface area contributed by atoms with Crippen molar-refractivity contribution >= 4 is 11.6 Å². The van der Waals surface area contributed by atoms with Crippen LogP contribution < -0.4 is 5.32 Å². The Kier molecular flexibility index (Phi) is 3.97. The first-order chi connectivity index (χ1) is 7.58. The molecule has 0 saturated heterocycles. The Morgan fingerprint density at radius 3 is 2.88 bits per heavy atom. The highest BCUT2D eigenvalue weighted by Gasteiger charge is 2.13. The van der Waals surface area contributed by atoms with Gasteiger partial charge in [0.1, 0.15) is 18.0 Å². The van der Waals surface area contributed by atoms with Gasteiger partial charge < -0.3 is 10.1 Å². The highest BCUT2D eigenvalue weighted by Crippen LogP contribution is 2.16. The third-order valence-corrected chi connectivity index (χ3v) is 2.08. The summed E-state index contributed by atoms with van der Waals surface area (Å²) >= 11 is 0. The quantitative estimate of drug-likeness (QED) is 0.846. The monoisotopic (exact) mass is 222 g/mol. The van der Waals surface area contributed by atoms with Gasteiger partial charge in [-0.1, -0.05) is 0 Å². The summed E-state index contributed by atoms with van der Waals surface area (Å²) in [6.07, 6.45) is -0.628. The third-order valence-electron chi connectivity index (χ3n) is 2.08. The number of halogens is 1. The van der Waals surface area contributed by atoms with Gasteiger partial charge in [0.25, 0.3) is 5.91 Å². The number of ether oxygens (including phenoxy) is 1. The molecule has 0 aliphatic carbocycles. The molecule has 1 amide bonds. The molecule has 0 aliphatic rings. The van der Waals surface area contributed by atoms with Crippen LogP contribution in [0.15, 0.2) is 18.2 Å². The summed E-state index contributed by atoms with van der Waals surface area (Å²) in [7, 11) is 1.40. The topological polar surface area (TPSA) is 62.1 Å². The fourth-order valence-corrected chi connectivity index (χ4v) is 1.06. The summed E-state index contributed by atoms with van der Waals surface area (Å²) < 4.78 is 17.6. The molecule has 0 spiro atoms. The van der Waals surface area contributed by atoms with Gasteiger partial charge in [-0.3, -0.25) is 4.79 Å². The lowest BCUT2D eigenvalue weighted by Gasteiger charge is -2.11. The first-order valence-electron chi connectivity index (χ1n) is 4.61. The van der Waals surface area contributed by atoms with Crippen LogP contribution in [-0.4, -0.2) is 19.1 Å². The van der Waals surface area contributed by atoms with Crippen molar-refractivity contribution in [2.45, 2.75) is 13.0 Å². The number of nitrogens with one attached hydrogen (secondary N) is 1. The Morgan fingerprint density at radius 1 is 1.62 bits per heavy atom. The van der Waals surface area contributed by atoms with E-state index in [0.29, 0.717) is 0 Å². The molecule has 0 radical (unpaired) electrons. The van der Waals surface area contributed by atoms with Crippen molar-refractivity contribution in [2.24, 2.45) is 0 Å². The van der Waals surface area contributed by atoms with Crippen molar-refractivity contribution in [3.05, 3.63) is 29.6 Å². The number of amides is 1. The highest BCUT2D eigenvalue weighted by atomic mass is 19.1. The lowest BCUT2D eigenvalue weighted by Crippen LogP contribution is -2.26. The molecule has 0 bridgehead atoms. The van der Waals surface area contributed by atoms with E-state index in [9.17, 15) is 9.18 Å². The number of anilines is 1. The second kappa shape index (κ2) is 5.24. The molecule has 0 fully saturated rings. The van der Waals surface area contributed by atoms with Crippen LogP contribution in [0.3, 0.4) is 0 Å². The Morgan fingerprint density at radius 2 is 2.31 bits per heavy atom. The summed E-state index contributed by atoms with van der Waals surface area (Å²) in [4.78, 5) is 11.5. The molecule has 0 aromatic heterocycles. The summed E-state index contributed by atoms with van der Waals surface area (Å²) in [6.45, 7) is 1.57. The summed E-state index contributed by atoms with van der Waals surface area (Å²) in [5.74, 6) is -0.903. The van der Waals surface area contributed by atoms with E-state index in [1.807, 2.05) is 0 Å². The number of carbonyl (C=O) groups is 1. The van der Waals surface area contributed by atoms with Crippen molar-refractivity contribution in [1.82, 2.24) is 0 Å². The van der Waals surface area contributed by atoms with Gasteiger partial charge in [-0.2, -0.15) is 5.26 Å². The minimum absolute atomic E-state index is 0.0802. The van der Waals surface area contributed by atoms with Crippen LogP contribution in [0, 0.1) is 17.1 Å². The van der Waals surface area contributed by atoms with Crippen LogP contribution in [0.4, 0.5) is 10.1 Å². The van der Waals surface area contributed by atoms with Crippen LogP contribution in [0.5, 0.6) is 0 Å². The van der Waals surface area contributed by atoms with Gasteiger partial charge >= 0.3 is 0 Å². The molecule has 1 aromatic carbocycles. The van der Waals surface area contributed by atoms with Crippen molar-refractivity contribution in [2.75, 3.05) is 12.4 Å². The molecule has 0 heterocycles. The van der Waals surface area contributed by atoms with Crippen LogP contribution in [0.25, 0.3) is 0 Å². The largest absolute Gasteiger partial charge is 0.372 e. The minimum atomic E-state index is -0.628. The molecule has 1 aromatic rings. The SMILES string of the molecule is CO[C@H](C)C(=O)Nc1ccc(F)cc1C#N. The van der Waals surface area contributed by atoms with E-state index >= 15 is 0 Å². The van der Waals surface area contributed by atoms with E-state index in [-0.39, 0.29) is 17.2 Å². The maximum atomic E-state index is 12.8. The fourth-order valence-electron chi connectivity index (χ4n) is 1.06. The van der Waals surface area contributed by atoms with E-state index in [4.69, 9.17) is 10.00 Å². The van der Waals surface area contributed by atoms with Crippen LogP contribution in [0.2, 0.25) is 0 Å². The fraction of sp³-hybridized carbons (Fsp3) is 0.273. The standard InChI is InChI=1S/C11H11FN2O2/c1-7(16-2)11(15)14-10-4-3-9(12)5-8(10)6-13/h3-5,7H,1-2H3,(H,14,15)/t7-/m1/s1. The number of nitrogens with zero attached hydrogens (tertiary/aromatic N) is 1. The molecule has 0 unspecified atom stereocenters. The van der Waals surface area contributed by atoms with Gasteiger partial charge in [0.2, 0.25) is 0 Å². The molecule has 4 nitrogen and oxygen atoms in total. The normalized spacial score (nSPS) is 11.6.